The maximum atomic E-state index is 11.9. The molecule has 2 aromatic rings. The second kappa shape index (κ2) is 9.90. The molecule has 7 nitrogen and oxygen atoms in total. The molecule has 2 aliphatic rings. The Kier molecular flexibility index (Phi) is 6.58. The Hall–Kier alpha value is -3.66. The minimum absolute atomic E-state index is 0.186. The SMILES string of the molecule is C#CCNC(=NCc1ccc(N2CCCC2=O)cc1)Nc1ccc2c(c1)OCCCO2. The normalized spacial score (nSPS) is 15.9. The van der Waals surface area contributed by atoms with Crippen LogP contribution in [0.4, 0.5) is 11.4 Å². The van der Waals surface area contributed by atoms with E-state index in [-0.39, 0.29) is 5.91 Å². The van der Waals surface area contributed by atoms with E-state index in [1.165, 1.54) is 0 Å². The van der Waals surface area contributed by atoms with Gasteiger partial charge in [-0.3, -0.25) is 4.79 Å². The number of benzene rings is 2. The fourth-order valence-corrected chi connectivity index (χ4v) is 3.52. The fraction of sp³-hybridized carbons (Fsp3) is 0.333. The van der Waals surface area contributed by atoms with E-state index in [0.717, 1.165) is 42.1 Å². The lowest BCUT2D eigenvalue weighted by molar-refractivity contribution is -0.117. The summed E-state index contributed by atoms with van der Waals surface area (Å²) < 4.78 is 11.4. The van der Waals surface area contributed by atoms with Crippen molar-refractivity contribution in [3.63, 3.8) is 0 Å². The number of rotatable bonds is 5. The Morgan fingerprint density at radius 1 is 1.10 bits per heavy atom. The second-order valence-corrected chi connectivity index (χ2v) is 7.37. The van der Waals surface area contributed by atoms with Crippen molar-refractivity contribution in [3.05, 3.63) is 48.0 Å². The smallest absolute Gasteiger partial charge is 0.227 e. The van der Waals surface area contributed by atoms with Gasteiger partial charge in [-0.15, -0.1) is 6.42 Å². The van der Waals surface area contributed by atoms with Crippen molar-refractivity contribution >= 4 is 23.2 Å². The number of nitrogens with one attached hydrogen (secondary N) is 2. The molecule has 0 saturated carbocycles. The number of aliphatic imine (C=N–C) groups is 1. The number of hydrogen-bond donors (Lipinski definition) is 2. The number of ether oxygens (including phenoxy) is 2. The number of amides is 1. The first kappa shape index (κ1) is 20.6. The van der Waals surface area contributed by atoms with E-state index in [0.29, 0.717) is 44.4 Å². The van der Waals surface area contributed by atoms with Gasteiger partial charge in [0.2, 0.25) is 5.91 Å². The molecule has 0 atom stereocenters. The maximum Gasteiger partial charge on any atom is 0.227 e. The van der Waals surface area contributed by atoms with Crippen LogP contribution in [-0.2, 0) is 11.3 Å². The standard InChI is InChI=1S/C24H26N4O3/c1-2-12-25-24(27-19-8-11-21-22(16-19)31-15-4-14-30-21)26-17-18-6-9-20(10-7-18)28-13-3-5-23(28)29/h1,6-11,16H,3-5,12-15,17H2,(H2,25,26,27). The molecule has 0 bridgehead atoms. The number of anilines is 2. The molecule has 1 amide bonds. The molecule has 1 saturated heterocycles. The molecule has 1 fully saturated rings. The second-order valence-electron chi connectivity index (χ2n) is 7.37. The molecule has 160 valence electrons. The van der Waals surface area contributed by atoms with E-state index in [1.807, 2.05) is 47.4 Å². The van der Waals surface area contributed by atoms with Crippen LogP contribution in [0, 0.1) is 12.3 Å². The summed E-state index contributed by atoms with van der Waals surface area (Å²) in [5.74, 6) is 4.79. The van der Waals surface area contributed by atoms with Gasteiger partial charge in [0.25, 0.3) is 0 Å². The summed E-state index contributed by atoms with van der Waals surface area (Å²) in [7, 11) is 0. The molecule has 2 aromatic carbocycles. The van der Waals surface area contributed by atoms with Crippen LogP contribution in [0.25, 0.3) is 0 Å². The number of terminal acetylenes is 1. The number of carbonyl (C=O) groups is 1. The maximum absolute atomic E-state index is 11.9. The first-order valence-electron chi connectivity index (χ1n) is 10.5. The molecule has 0 aliphatic carbocycles. The van der Waals surface area contributed by atoms with E-state index in [9.17, 15) is 4.79 Å². The van der Waals surface area contributed by atoms with Gasteiger partial charge >= 0.3 is 0 Å². The average molecular weight is 418 g/mol. The third-order valence-corrected chi connectivity index (χ3v) is 5.11. The Labute approximate surface area is 182 Å². The minimum Gasteiger partial charge on any atom is -0.490 e. The van der Waals surface area contributed by atoms with E-state index < -0.39 is 0 Å². The molecule has 2 N–H and O–H groups in total. The number of carbonyl (C=O) groups excluding carboxylic acids is 1. The van der Waals surface area contributed by atoms with Crippen molar-refractivity contribution in [2.24, 2.45) is 4.99 Å². The van der Waals surface area contributed by atoms with E-state index in [1.54, 1.807) is 0 Å². The predicted molar refractivity (Wildman–Crippen MR) is 122 cm³/mol. The van der Waals surface area contributed by atoms with Crippen LogP contribution in [0.2, 0.25) is 0 Å². The summed E-state index contributed by atoms with van der Waals surface area (Å²) in [5, 5.41) is 6.39. The number of fused-ring (bicyclic) bond motifs is 1. The third kappa shape index (κ3) is 5.28. The molecular formula is C24H26N4O3. The van der Waals surface area contributed by atoms with Crippen LogP contribution in [0.15, 0.2) is 47.5 Å². The number of hydrogen-bond acceptors (Lipinski definition) is 4. The molecule has 0 spiro atoms. The van der Waals surface area contributed by atoms with Gasteiger partial charge in [0.05, 0.1) is 26.3 Å². The van der Waals surface area contributed by atoms with Crippen molar-refractivity contribution in [2.75, 3.05) is 36.5 Å². The highest BCUT2D eigenvalue weighted by Gasteiger charge is 2.21. The molecule has 0 aromatic heterocycles. The topological polar surface area (TPSA) is 75.2 Å². The summed E-state index contributed by atoms with van der Waals surface area (Å²) in [6, 6.07) is 13.6. The minimum atomic E-state index is 0.186. The summed E-state index contributed by atoms with van der Waals surface area (Å²) >= 11 is 0. The van der Waals surface area contributed by atoms with Crippen LogP contribution in [-0.4, -0.2) is 38.2 Å². The molecule has 0 radical (unpaired) electrons. The molecule has 2 heterocycles. The molecule has 4 rings (SSSR count). The zero-order chi connectivity index (χ0) is 21.5. The molecule has 31 heavy (non-hydrogen) atoms. The highest BCUT2D eigenvalue weighted by atomic mass is 16.5. The number of nitrogens with zero attached hydrogens (tertiary/aromatic N) is 2. The summed E-state index contributed by atoms with van der Waals surface area (Å²) in [6.45, 7) is 2.90. The van der Waals surface area contributed by atoms with Crippen molar-refractivity contribution in [1.82, 2.24) is 5.32 Å². The van der Waals surface area contributed by atoms with Gasteiger partial charge in [-0.2, -0.15) is 0 Å². The predicted octanol–water partition coefficient (Wildman–Crippen LogP) is 3.17. The fourth-order valence-electron chi connectivity index (χ4n) is 3.52. The van der Waals surface area contributed by atoms with Crippen LogP contribution in [0.3, 0.4) is 0 Å². The third-order valence-electron chi connectivity index (χ3n) is 5.11. The monoisotopic (exact) mass is 418 g/mol. The van der Waals surface area contributed by atoms with Crippen LogP contribution in [0.1, 0.15) is 24.8 Å². The molecule has 7 heteroatoms. The Morgan fingerprint density at radius 2 is 1.90 bits per heavy atom. The van der Waals surface area contributed by atoms with Crippen LogP contribution < -0.4 is 25.0 Å². The molecule has 0 unspecified atom stereocenters. The van der Waals surface area contributed by atoms with Crippen molar-refractivity contribution in [3.8, 4) is 23.8 Å². The molecular weight excluding hydrogens is 392 g/mol. The van der Waals surface area contributed by atoms with Crippen molar-refractivity contribution in [1.29, 1.82) is 0 Å². The Morgan fingerprint density at radius 3 is 2.65 bits per heavy atom. The lowest BCUT2D eigenvalue weighted by Crippen LogP contribution is -2.31. The van der Waals surface area contributed by atoms with Gasteiger partial charge in [0, 0.05) is 36.8 Å². The van der Waals surface area contributed by atoms with Crippen LogP contribution >= 0.6 is 0 Å². The Balaban J connectivity index is 1.44. The van der Waals surface area contributed by atoms with E-state index in [4.69, 9.17) is 15.9 Å². The van der Waals surface area contributed by atoms with Crippen molar-refractivity contribution in [2.45, 2.75) is 25.8 Å². The molecule has 2 aliphatic heterocycles. The van der Waals surface area contributed by atoms with Gasteiger partial charge in [0.1, 0.15) is 0 Å². The first-order valence-corrected chi connectivity index (χ1v) is 10.5. The highest BCUT2D eigenvalue weighted by molar-refractivity contribution is 5.95. The van der Waals surface area contributed by atoms with Gasteiger partial charge in [-0.05, 0) is 36.2 Å². The Bertz CT molecular complexity index is 995. The summed E-state index contributed by atoms with van der Waals surface area (Å²) in [5.41, 5.74) is 2.80. The zero-order valence-electron chi connectivity index (χ0n) is 17.4. The summed E-state index contributed by atoms with van der Waals surface area (Å²) in [4.78, 5) is 18.4. The number of guanidine groups is 1. The first-order chi connectivity index (χ1) is 15.2. The average Bonchev–Trinajstić information content (AvgIpc) is 3.08. The van der Waals surface area contributed by atoms with Crippen molar-refractivity contribution < 1.29 is 14.3 Å². The van der Waals surface area contributed by atoms with E-state index in [2.05, 4.69) is 21.5 Å². The van der Waals surface area contributed by atoms with E-state index >= 15 is 0 Å². The lowest BCUT2D eigenvalue weighted by atomic mass is 10.2. The van der Waals surface area contributed by atoms with Crippen LogP contribution in [0.5, 0.6) is 11.5 Å². The van der Waals surface area contributed by atoms with Gasteiger partial charge in [-0.1, -0.05) is 18.1 Å². The van der Waals surface area contributed by atoms with Gasteiger partial charge in [0.15, 0.2) is 17.5 Å². The largest absolute Gasteiger partial charge is 0.490 e. The highest BCUT2D eigenvalue weighted by Crippen LogP contribution is 2.32. The quantitative estimate of drug-likeness (QED) is 0.443. The van der Waals surface area contributed by atoms with Gasteiger partial charge < -0.3 is 25.0 Å². The zero-order valence-corrected chi connectivity index (χ0v) is 17.4. The lowest BCUT2D eigenvalue weighted by Gasteiger charge is -2.16. The van der Waals surface area contributed by atoms with Gasteiger partial charge in [-0.25, -0.2) is 4.99 Å². The summed E-state index contributed by atoms with van der Waals surface area (Å²) in [6.07, 6.45) is 7.81.